The lowest BCUT2D eigenvalue weighted by atomic mass is 9.87. The van der Waals surface area contributed by atoms with E-state index in [1.54, 1.807) is 23.0 Å². The molecule has 1 unspecified atom stereocenters. The van der Waals surface area contributed by atoms with Crippen LogP contribution in [0.25, 0.3) is 5.69 Å². The summed E-state index contributed by atoms with van der Waals surface area (Å²) in [5.41, 5.74) is 2.70. The number of benzene rings is 2. The Labute approximate surface area is 164 Å². The van der Waals surface area contributed by atoms with Crippen molar-refractivity contribution in [2.45, 2.75) is 19.3 Å². The number of aromatic nitrogens is 2. The summed E-state index contributed by atoms with van der Waals surface area (Å²) in [4.78, 5) is 12.4. The Morgan fingerprint density at radius 3 is 2.81 bits per heavy atom. The van der Waals surface area contributed by atoms with Crippen LogP contribution in [0.5, 0.6) is 11.5 Å². The maximum absolute atomic E-state index is 12.4. The number of rotatable bonds is 4. The van der Waals surface area contributed by atoms with Gasteiger partial charge in [-0.15, -0.1) is 0 Å². The average Bonchev–Trinajstić information content (AvgIpc) is 3.07. The predicted molar refractivity (Wildman–Crippen MR) is 106 cm³/mol. The molecule has 0 fully saturated rings. The lowest BCUT2D eigenvalue weighted by molar-refractivity contribution is -0.116. The van der Waals surface area contributed by atoms with Gasteiger partial charge in [0.1, 0.15) is 5.82 Å². The summed E-state index contributed by atoms with van der Waals surface area (Å²) < 4.78 is 8.20. The molecule has 0 aliphatic carbocycles. The third-order valence-electron chi connectivity index (χ3n) is 4.58. The van der Waals surface area contributed by atoms with Crippen molar-refractivity contribution in [3.63, 3.8) is 0 Å². The molecule has 1 amide bonds. The van der Waals surface area contributed by atoms with Gasteiger partial charge in [-0.05, 0) is 48.9 Å². The van der Waals surface area contributed by atoms with Crippen LogP contribution in [-0.2, 0) is 4.79 Å². The number of nitrogens with one attached hydrogen (secondary N) is 1. The molecule has 1 atom stereocenters. The Morgan fingerprint density at radius 2 is 2.07 bits per heavy atom. The molecule has 0 bridgehead atoms. The van der Waals surface area contributed by atoms with Crippen LogP contribution in [0.4, 0.5) is 5.82 Å². The summed E-state index contributed by atoms with van der Waals surface area (Å²) in [6, 6.07) is 12.9. The Kier molecular flexibility index (Phi) is 4.61. The molecule has 0 saturated carbocycles. The molecule has 1 aliphatic heterocycles. The third kappa shape index (κ3) is 3.30. The van der Waals surface area contributed by atoms with Crippen LogP contribution in [0.15, 0.2) is 53.1 Å². The van der Waals surface area contributed by atoms with E-state index >= 15 is 0 Å². The average molecular weight is 428 g/mol. The highest BCUT2D eigenvalue weighted by Crippen LogP contribution is 2.40. The van der Waals surface area contributed by atoms with Crippen molar-refractivity contribution in [1.82, 2.24) is 9.78 Å². The second-order valence-corrected chi connectivity index (χ2v) is 7.22. The van der Waals surface area contributed by atoms with Gasteiger partial charge >= 0.3 is 0 Å². The molecular formula is C20H18BrN3O3. The monoisotopic (exact) mass is 427 g/mol. The maximum atomic E-state index is 12.4. The zero-order chi connectivity index (χ0) is 19.0. The summed E-state index contributed by atoms with van der Waals surface area (Å²) >= 11 is 3.43. The van der Waals surface area contributed by atoms with Gasteiger partial charge in [-0.25, -0.2) is 4.68 Å². The van der Waals surface area contributed by atoms with E-state index in [0.717, 1.165) is 21.3 Å². The first-order valence-electron chi connectivity index (χ1n) is 8.66. The molecule has 2 N–H and O–H groups in total. The molecule has 3 aromatic rings. The van der Waals surface area contributed by atoms with Crippen LogP contribution >= 0.6 is 15.9 Å². The van der Waals surface area contributed by atoms with Crippen LogP contribution in [0.3, 0.4) is 0 Å². The van der Waals surface area contributed by atoms with E-state index < -0.39 is 0 Å². The molecule has 2 aromatic carbocycles. The summed E-state index contributed by atoms with van der Waals surface area (Å²) in [6.07, 6.45) is 2.10. The molecule has 7 heteroatoms. The predicted octanol–water partition coefficient (Wildman–Crippen LogP) is 4.21. The van der Waals surface area contributed by atoms with Crippen molar-refractivity contribution in [1.29, 1.82) is 0 Å². The fourth-order valence-electron chi connectivity index (χ4n) is 3.31. The molecular weight excluding hydrogens is 410 g/mol. The minimum absolute atomic E-state index is 0.0719. The maximum Gasteiger partial charge on any atom is 0.226 e. The van der Waals surface area contributed by atoms with Crippen LogP contribution in [0.2, 0.25) is 0 Å². The Bertz CT molecular complexity index is 998. The molecule has 1 aliphatic rings. The number of ether oxygens (including phenoxy) is 1. The molecule has 0 saturated heterocycles. The molecule has 27 heavy (non-hydrogen) atoms. The van der Waals surface area contributed by atoms with Crippen LogP contribution in [0.1, 0.15) is 30.4 Å². The highest BCUT2D eigenvalue weighted by molar-refractivity contribution is 9.10. The lowest BCUT2D eigenvalue weighted by Crippen LogP contribution is -2.24. The smallest absolute Gasteiger partial charge is 0.226 e. The topological polar surface area (TPSA) is 76.4 Å². The van der Waals surface area contributed by atoms with E-state index in [1.807, 2.05) is 37.3 Å². The first kappa shape index (κ1) is 17.6. The number of carbonyl (C=O) groups excluding carboxylic acids is 1. The standard InChI is InChI=1S/C20H18BrN3O3/c1-2-27-18-9-12(3-8-17(18)25)15-10-19(26)23-20-16(15)11-22-24(20)14-6-4-13(21)5-7-14/h3-9,11,15,25H,2,10H2,1H3,(H,23,26). The molecule has 2 heterocycles. The Hall–Kier alpha value is -2.80. The van der Waals surface area contributed by atoms with E-state index in [4.69, 9.17) is 4.74 Å². The Morgan fingerprint density at radius 1 is 1.30 bits per heavy atom. The number of fused-ring (bicyclic) bond motifs is 1. The Balaban J connectivity index is 1.77. The SMILES string of the molecule is CCOc1cc(C2CC(=O)Nc3c2cnn3-c2ccc(Br)cc2)ccc1O. The van der Waals surface area contributed by atoms with E-state index in [-0.39, 0.29) is 17.6 Å². The van der Waals surface area contributed by atoms with Gasteiger partial charge in [-0.3, -0.25) is 4.79 Å². The van der Waals surface area contributed by atoms with Gasteiger partial charge in [0.2, 0.25) is 5.91 Å². The van der Waals surface area contributed by atoms with E-state index in [0.29, 0.717) is 24.6 Å². The van der Waals surface area contributed by atoms with Gasteiger partial charge in [-0.2, -0.15) is 5.10 Å². The summed E-state index contributed by atoms with van der Waals surface area (Å²) in [6.45, 7) is 2.31. The quantitative estimate of drug-likeness (QED) is 0.653. The first-order valence-corrected chi connectivity index (χ1v) is 9.45. The van der Waals surface area contributed by atoms with Gasteiger partial charge < -0.3 is 15.2 Å². The highest BCUT2D eigenvalue weighted by Gasteiger charge is 2.30. The zero-order valence-corrected chi connectivity index (χ0v) is 16.2. The summed E-state index contributed by atoms with van der Waals surface area (Å²) in [7, 11) is 0. The van der Waals surface area contributed by atoms with Crippen molar-refractivity contribution >= 4 is 27.7 Å². The number of aromatic hydroxyl groups is 1. The number of anilines is 1. The van der Waals surface area contributed by atoms with Gasteiger partial charge in [0, 0.05) is 22.4 Å². The summed E-state index contributed by atoms with van der Waals surface area (Å²) in [5.74, 6) is 0.953. The number of amides is 1. The third-order valence-corrected chi connectivity index (χ3v) is 5.11. The fraction of sp³-hybridized carbons (Fsp3) is 0.200. The fourth-order valence-corrected chi connectivity index (χ4v) is 3.58. The number of halogens is 1. The molecule has 1 aromatic heterocycles. The second kappa shape index (κ2) is 7.08. The zero-order valence-electron chi connectivity index (χ0n) is 14.6. The first-order chi connectivity index (χ1) is 13.1. The summed E-state index contributed by atoms with van der Waals surface area (Å²) in [5, 5.41) is 17.4. The van der Waals surface area contributed by atoms with Crippen LogP contribution in [0, 0.1) is 0 Å². The van der Waals surface area contributed by atoms with Crippen molar-refractivity contribution < 1.29 is 14.6 Å². The van der Waals surface area contributed by atoms with Crippen molar-refractivity contribution in [2.24, 2.45) is 0 Å². The molecule has 4 rings (SSSR count). The number of phenolic OH excluding ortho intramolecular Hbond substituents is 1. The number of carbonyl (C=O) groups is 1. The van der Waals surface area contributed by atoms with Crippen molar-refractivity contribution in [3.05, 3.63) is 64.3 Å². The van der Waals surface area contributed by atoms with Crippen LogP contribution in [-0.4, -0.2) is 27.4 Å². The minimum atomic E-state index is -0.155. The number of nitrogens with zero attached hydrogens (tertiary/aromatic N) is 2. The molecule has 0 spiro atoms. The highest BCUT2D eigenvalue weighted by atomic mass is 79.9. The molecule has 0 radical (unpaired) electrons. The largest absolute Gasteiger partial charge is 0.504 e. The normalized spacial score (nSPS) is 15.9. The van der Waals surface area contributed by atoms with E-state index in [2.05, 4.69) is 26.3 Å². The van der Waals surface area contributed by atoms with Gasteiger partial charge in [0.05, 0.1) is 18.5 Å². The van der Waals surface area contributed by atoms with Crippen LogP contribution < -0.4 is 10.1 Å². The minimum Gasteiger partial charge on any atom is -0.504 e. The van der Waals surface area contributed by atoms with Gasteiger partial charge in [0.25, 0.3) is 0 Å². The number of hydrogen-bond donors (Lipinski definition) is 2. The van der Waals surface area contributed by atoms with Gasteiger partial charge in [0.15, 0.2) is 11.5 Å². The second-order valence-electron chi connectivity index (χ2n) is 6.30. The lowest BCUT2D eigenvalue weighted by Gasteiger charge is -2.24. The molecule has 138 valence electrons. The molecule has 6 nitrogen and oxygen atoms in total. The van der Waals surface area contributed by atoms with Gasteiger partial charge in [-0.1, -0.05) is 22.0 Å². The van der Waals surface area contributed by atoms with E-state index in [1.165, 1.54) is 0 Å². The van der Waals surface area contributed by atoms with Crippen molar-refractivity contribution in [3.8, 4) is 17.2 Å². The van der Waals surface area contributed by atoms with E-state index in [9.17, 15) is 9.90 Å². The number of hydrogen-bond acceptors (Lipinski definition) is 4. The number of phenols is 1. The van der Waals surface area contributed by atoms with Crippen molar-refractivity contribution in [2.75, 3.05) is 11.9 Å².